The highest BCUT2D eigenvalue weighted by Gasteiger charge is 2.19. The molecule has 1 fully saturated rings. The molecular formula is C13H17NO2. The molecule has 86 valence electrons. The van der Waals surface area contributed by atoms with E-state index < -0.39 is 0 Å². The van der Waals surface area contributed by atoms with Crippen molar-refractivity contribution in [3.63, 3.8) is 0 Å². The van der Waals surface area contributed by atoms with Crippen LogP contribution in [0.15, 0.2) is 30.3 Å². The Morgan fingerprint density at radius 3 is 2.69 bits per heavy atom. The van der Waals surface area contributed by atoms with E-state index in [9.17, 15) is 9.90 Å². The second-order valence-electron chi connectivity index (χ2n) is 4.24. The third-order valence-corrected chi connectivity index (χ3v) is 3.01. The quantitative estimate of drug-likeness (QED) is 0.780. The van der Waals surface area contributed by atoms with Crippen molar-refractivity contribution < 1.29 is 9.90 Å². The molecule has 1 N–H and O–H groups in total. The number of likely N-dealkylation sites (tertiary alicyclic amines) is 1. The standard InChI is InChI=1S/C13H17NO2/c15-12-7-4-9-14(10-8-12)13(16)11-5-2-1-3-6-11/h1-3,5-6,12,15H,4,7-10H2. The topological polar surface area (TPSA) is 40.5 Å². The van der Waals surface area contributed by atoms with Gasteiger partial charge in [0, 0.05) is 18.7 Å². The van der Waals surface area contributed by atoms with Crippen molar-refractivity contribution in [3.05, 3.63) is 35.9 Å². The van der Waals surface area contributed by atoms with Gasteiger partial charge in [0.1, 0.15) is 0 Å². The summed E-state index contributed by atoms with van der Waals surface area (Å²) < 4.78 is 0. The Morgan fingerprint density at radius 2 is 1.94 bits per heavy atom. The van der Waals surface area contributed by atoms with Gasteiger partial charge in [-0.15, -0.1) is 0 Å². The van der Waals surface area contributed by atoms with Crippen LogP contribution in [-0.4, -0.2) is 35.1 Å². The van der Waals surface area contributed by atoms with Crippen LogP contribution in [0.4, 0.5) is 0 Å². The van der Waals surface area contributed by atoms with E-state index in [2.05, 4.69) is 0 Å². The maximum Gasteiger partial charge on any atom is 0.253 e. The normalized spacial score (nSPS) is 21.6. The number of aliphatic hydroxyl groups excluding tert-OH is 1. The van der Waals surface area contributed by atoms with Crippen molar-refractivity contribution in [2.75, 3.05) is 13.1 Å². The molecule has 0 radical (unpaired) electrons. The smallest absolute Gasteiger partial charge is 0.253 e. The van der Waals surface area contributed by atoms with Gasteiger partial charge in [0.2, 0.25) is 0 Å². The van der Waals surface area contributed by atoms with Crippen molar-refractivity contribution in [1.82, 2.24) is 4.90 Å². The molecule has 2 rings (SSSR count). The summed E-state index contributed by atoms with van der Waals surface area (Å²) in [6.07, 6.45) is 2.14. The lowest BCUT2D eigenvalue weighted by molar-refractivity contribution is 0.0753. The Hall–Kier alpha value is -1.35. The van der Waals surface area contributed by atoms with E-state index >= 15 is 0 Å². The van der Waals surface area contributed by atoms with Crippen molar-refractivity contribution in [2.45, 2.75) is 25.4 Å². The number of amides is 1. The summed E-state index contributed by atoms with van der Waals surface area (Å²) in [6.45, 7) is 1.42. The SMILES string of the molecule is O=C(c1ccccc1)N1CCCC(O)CC1. The highest BCUT2D eigenvalue weighted by molar-refractivity contribution is 5.94. The monoisotopic (exact) mass is 219 g/mol. The Bertz CT molecular complexity index is 350. The van der Waals surface area contributed by atoms with Gasteiger partial charge in [-0.2, -0.15) is 0 Å². The number of rotatable bonds is 1. The van der Waals surface area contributed by atoms with Crippen molar-refractivity contribution in [1.29, 1.82) is 0 Å². The summed E-state index contributed by atoms with van der Waals surface area (Å²) in [7, 11) is 0. The fraction of sp³-hybridized carbons (Fsp3) is 0.462. The molecule has 1 aliphatic rings. The number of nitrogens with zero attached hydrogens (tertiary/aromatic N) is 1. The van der Waals surface area contributed by atoms with Crippen LogP contribution in [0.25, 0.3) is 0 Å². The van der Waals surface area contributed by atoms with E-state index in [0.29, 0.717) is 13.0 Å². The summed E-state index contributed by atoms with van der Waals surface area (Å²) in [5.74, 6) is 0.0784. The van der Waals surface area contributed by atoms with Gasteiger partial charge in [-0.05, 0) is 31.4 Å². The molecule has 1 atom stereocenters. The van der Waals surface area contributed by atoms with E-state index in [-0.39, 0.29) is 12.0 Å². The summed E-state index contributed by atoms with van der Waals surface area (Å²) in [4.78, 5) is 13.9. The van der Waals surface area contributed by atoms with E-state index in [1.165, 1.54) is 0 Å². The second kappa shape index (κ2) is 5.12. The average Bonchev–Trinajstić information content (AvgIpc) is 2.54. The Morgan fingerprint density at radius 1 is 1.19 bits per heavy atom. The number of aliphatic hydroxyl groups is 1. The molecule has 1 amide bonds. The zero-order valence-electron chi connectivity index (χ0n) is 9.30. The molecule has 0 aromatic heterocycles. The van der Waals surface area contributed by atoms with Gasteiger partial charge in [-0.25, -0.2) is 0 Å². The third kappa shape index (κ3) is 2.61. The lowest BCUT2D eigenvalue weighted by atomic mass is 10.2. The second-order valence-corrected chi connectivity index (χ2v) is 4.24. The van der Waals surface area contributed by atoms with E-state index in [1.54, 1.807) is 0 Å². The molecule has 3 heteroatoms. The molecule has 0 bridgehead atoms. The first kappa shape index (κ1) is 11.1. The predicted octanol–water partition coefficient (Wildman–Crippen LogP) is 1.67. The number of benzene rings is 1. The van der Waals surface area contributed by atoms with Crippen molar-refractivity contribution >= 4 is 5.91 Å². The lowest BCUT2D eigenvalue weighted by Crippen LogP contribution is -2.32. The van der Waals surface area contributed by atoms with E-state index in [4.69, 9.17) is 0 Å². The highest BCUT2D eigenvalue weighted by Crippen LogP contribution is 2.13. The molecule has 16 heavy (non-hydrogen) atoms. The predicted molar refractivity (Wildman–Crippen MR) is 62.2 cm³/mol. The number of hydrogen-bond donors (Lipinski definition) is 1. The zero-order valence-corrected chi connectivity index (χ0v) is 9.30. The third-order valence-electron chi connectivity index (χ3n) is 3.01. The largest absolute Gasteiger partial charge is 0.393 e. The zero-order chi connectivity index (χ0) is 11.4. The summed E-state index contributed by atoms with van der Waals surface area (Å²) in [5.41, 5.74) is 0.735. The van der Waals surface area contributed by atoms with Gasteiger partial charge in [-0.3, -0.25) is 4.79 Å². The molecule has 1 saturated heterocycles. The minimum absolute atomic E-state index is 0.0784. The summed E-state index contributed by atoms with van der Waals surface area (Å²) in [6, 6.07) is 9.33. The summed E-state index contributed by atoms with van der Waals surface area (Å²) >= 11 is 0. The molecule has 3 nitrogen and oxygen atoms in total. The molecule has 1 unspecified atom stereocenters. The molecule has 1 heterocycles. The number of hydrogen-bond acceptors (Lipinski definition) is 2. The minimum Gasteiger partial charge on any atom is -0.393 e. The fourth-order valence-corrected chi connectivity index (χ4v) is 2.05. The van der Waals surface area contributed by atoms with Crippen LogP contribution in [0.1, 0.15) is 29.6 Å². The minimum atomic E-state index is -0.242. The van der Waals surface area contributed by atoms with Crippen LogP contribution < -0.4 is 0 Å². The summed E-state index contributed by atoms with van der Waals surface area (Å²) in [5, 5.41) is 9.52. The first-order chi connectivity index (χ1) is 7.77. The van der Waals surface area contributed by atoms with Crippen LogP contribution in [0.3, 0.4) is 0 Å². The van der Waals surface area contributed by atoms with Gasteiger partial charge in [0.25, 0.3) is 5.91 Å². The Balaban J connectivity index is 2.04. The molecule has 1 aromatic carbocycles. The van der Waals surface area contributed by atoms with Crippen molar-refractivity contribution in [3.8, 4) is 0 Å². The highest BCUT2D eigenvalue weighted by atomic mass is 16.3. The van der Waals surface area contributed by atoms with Crippen molar-refractivity contribution in [2.24, 2.45) is 0 Å². The maximum absolute atomic E-state index is 12.1. The Labute approximate surface area is 95.7 Å². The van der Waals surface area contributed by atoms with E-state index in [1.807, 2.05) is 35.2 Å². The number of carbonyl (C=O) groups is 1. The Kier molecular flexibility index (Phi) is 3.57. The molecule has 1 aliphatic heterocycles. The van der Waals surface area contributed by atoms with Crippen LogP contribution in [-0.2, 0) is 0 Å². The molecule has 0 saturated carbocycles. The van der Waals surface area contributed by atoms with Crippen LogP contribution in [0.2, 0.25) is 0 Å². The fourth-order valence-electron chi connectivity index (χ4n) is 2.05. The van der Waals surface area contributed by atoms with Gasteiger partial charge in [0.15, 0.2) is 0 Å². The van der Waals surface area contributed by atoms with Crippen LogP contribution in [0.5, 0.6) is 0 Å². The van der Waals surface area contributed by atoms with Crippen LogP contribution in [0, 0.1) is 0 Å². The molecule has 0 aliphatic carbocycles. The van der Waals surface area contributed by atoms with Gasteiger partial charge in [0.05, 0.1) is 6.10 Å². The maximum atomic E-state index is 12.1. The van der Waals surface area contributed by atoms with Crippen LogP contribution >= 0.6 is 0 Å². The molecule has 0 spiro atoms. The lowest BCUT2D eigenvalue weighted by Gasteiger charge is -2.20. The first-order valence-corrected chi connectivity index (χ1v) is 5.80. The average molecular weight is 219 g/mol. The number of carbonyl (C=O) groups excluding carboxylic acids is 1. The van der Waals surface area contributed by atoms with E-state index in [0.717, 1.165) is 24.9 Å². The van der Waals surface area contributed by atoms with Gasteiger partial charge in [-0.1, -0.05) is 18.2 Å². The first-order valence-electron chi connectivity index (χ1n) is 5.80. The molecule has 1 aromatic rings. The molecular weight excluding hydrogens is 202 g/mol. The van der Waals surface area contributed by atoms with Gasteiger partial charge < -0.3 is 10.0 Å². The van der Waals surface area contributed by atoms with Gasteiger partial charge >= 0.3 is 0 Å².